The highest BCUT2D eigenvalue weighted by molar-refractivity contribution is 5.63. The summed E-state index contributed by atoms with van der Waals surface area (Å²) in [5, 5.41) is 11.2. The quantitative estimate of drug-likeness (QED) is 0.637. The Morgan fingerprint density at radius 2 is 1.83 bits per heavy atom. The fourth-order valence-corrected chi connectivity index (χ4v) is 3.12. The van der Waals surface area contributed by atoms with E-state index in [1.807, 2.05) is 23.1 Å². The lowest BCUT2D eigenvalue weighted by atomic mass is 10.2. The molecule has 1 aliphatic rings. The predicted molar refractivity (Wildman–Crippen MR) is 91.6 cm³/mol. The molecule has 0 spiro atoms. The molecule has 0 unspecified atom stereocenters. The van der Waals surface area contributed by atoms with Gasteiger partial charge in [0.15, 0.2) is 0 Å². The molecular weight excluding hydrogens is 309 g/mol. The molecule has 2 aromatic carbocycles. The van der Waals surface area contributed by atoms with E-state index in [0.717, 1.165) is 32.1 Å². The minimum Gasteiger partial charge on any atom is -0.365 e. The molecule has 1 heterocycles. The van der Waals surface area contributed by atoms with Gasteiger partial charge < -0.3 is 4.90 Å². The maximum atomic E-state index is 13.6. The largest absolute Gasteiger partial charge is 0.365 e. The summed E-state index contributed by atoms with van der Waals surface area (Å²) in [4.78, 5) is 15.0. The summed E-state index contributed by atoms with van der Waals surface area (Å²) in [5.74, 6) is -0.444. The second kappa shape index (κ2) is 7.40. The SMILES string of the molecule is O=[N+]([O-])c1ccc(F)cc1N1CCCN(Cc2ccccc2)CC1. The molecule has 2 aromatic rings. The number of nitro benzene ring substituents is 1. The van der Waals surface area contributed by atoms with E-state index in [1.54, 1.807) is 0 Å². The standard InChI is InChI=1S/C18H20FN3O2/c19-16-7-8-17(22(23)24)18(13-16)21-10-4-9-20(11-12-21)14-15-5-2-1-3-6-15/h1-3,5-8,13H,4,9-12,14H2. The van der Waals surface area contributed by atoms with Crippen LogP contribution in [0.4, 0.5) is 15.8 Å². The van der Waals surface area contributed by atoms with Crippen LogP contribution >= 0.6 is 0 Å². The molecule has 0 aliphatic carbocycles. The molecule has 0 radical (unpaired) electrons. The Balaban J connectivity index is 1.72. The molecule has 0 aromatic heterocycles. The smallest absolute Gasteiger partial charge is 0.292 e. The van der Waals surface area contributed by atoms with Crippen molar-refractivity contribution in [2.45, 2.75) is 13.0 Å². The molecule has 126 valence electrons. The minimum absolute atomic E-state index is 0.0343. The first-order valence-corrected chi connectivity index (χ1v) is 8.08. The van der Waals surface area contributed by atoms with E-state index in [1.165, 1.54) is 17.7 Å². The van der Waals surface area contributed by atoms with E-state index in [-0.39, 0.29) is 5.69 Å². The molecule has 0 N–H and O–H groups in total. The van der Waals surface area contributed by atoms with Gasteiger partial charge in [-0.1, -0.05) is 30.3 Å². The van der Waals surface area contributed by atoms with Gasteiger partial charge in [0, 0.05) is 44.9 Å². The van der Waals surface area contributed by atoms with Crippen LogP contribution in [-0.4, -0.2) is 36.0 Å². The molecule has 1 aliphatic heterocycles. The van der Waals surface area contributed by atoms with Gasteiger partial charge in [-0.05, 0) is 18.1 Å². The summed E-state index contributed by atoms with van der Waals surface area (Å²) in [5.41, 5.74) is 1.59. The van der Waals surface area contributed by atoms with Crippen molar-refractivity contribution in [3.63, 3.8) is 0 Å². The fraction of sp³-hybridized carbons (Fsp3) is 0.333. The van der Waals surface area contributed by atoms with Gasteiger partial charge in [-0.2, -0.15) is 0 Å². The van der Waals surface area contributed by atoms with Gasteiger partial charge in [-0.15, -0.1) is 0 Å². The predicted octanol–water partition coefficient (Wildman–Crippen LogP) is 3.45. The highest BCUT2D eigenvalue weighted by Crippen LogP contribution is 2.29. The van der Waals surface area contributed by atoms with Gasteiger partial charge in [0.2, 0.25) is 0 Å². The van der Waals surface area contributed by atoms with E-state index in [0.29, 0.717) is 18.8 Å². The molecular formula is C18H20FN3O2. The zero-order valence-corrected chi connectivity index (χ0v) is 13.4. The second-order valence-electron chi connectivity index (χ2n) is 5.99. The van der Waals surface area contributed by atoms with Crippen LogP contribution in [-0.2, 0) is 6.54 Å². The highest BCUT2D eigenvalue weighted by atomic mass is 19.1. The van der Waals surface area contributed by atoms with Crippen LogP contribution in [0.3, 0.4) is 0 Å². The third-order valence-electron chi connectivity index (χ3n) is 4.31. The van der Waals surface area contributed by atoms with Crippen LogP contribution in [0.5, 0.6) is 0 Å². The van der Waals surface area contributed by atoms with Gasteiger partial charge in [0.1, 0.15) is 11.5 Å². The van der Waals surface area contributed by atoms with Crippen molar-refractivity contribution >= 4 is 11.4 Å². The molecule has 0 atom stereocenters. The van der Waals surface area contributed by atoms with Crippen LogP contribution < -0.4 is 4.90 Å². The van der Waals surface area contributed by atoms with Gasteiger partial charge in [-0.3, -0.25) is 15.0 Å². The minimum atomic E-state index is -0.444. The van der Waals surface area contributed by atoms with E-state index in [9.17, 15) is 14.5 Å². The molecule has 1 saturated heterocycles. The van der Waals surface area contributed by atoms with Gasteiger partial charge >= 0.3 is 0 Å². The first-order valence-electron chi connectivity index (χ1n) is 8.08. The Kier molecular flexibility index (Phi) is 5.05. The Bertz CT molecular complexity index is 709. The summed E-state index contributed by atoms with van der Waals surface area (Å²) in [6, 6.07) is 13.9. The molecule has 6 heteroatoms. The van der Waals surface area contributed by atoms with E-state index in [4.69, 9.17) is 0 Å². The van der Waals surface area contributed by atoms with Crippen LogP contribution in [0.25, 0.3) is 0 Å². The van der Waals surface area contributed by atoms with Crippen molar-refractivity contribution in [3.05, 3.63) is 70.0 Å². The van der Waals surface area contributed by atoms with Crippen molar-refractivity contribution in [1.82, 2.24) is 4.90 Å². The zero-order valence-electron chi connectivity index (χ0n) is 13.4. The fourth-order valence-electron chi connectivity index (χ4n) is 3.12. The summed E-state index contributed by atoms with van der Waals surface area (Å²) in [6.07, 6.45) is 0.889. The number of nitrogens with zero attached hydrogens (tertiary/aromatic N) is 3. The molecule has 0 amide bonds. The average molecular weight is 329 g/mol. The lowest BCUT2D eigenvalue weighted by Gasteiger charge is -2.23. The normalized spacial score (nSPS) is 16.0. The summed E-state index contributed by atoms with van der Waals surface area (Å²) in [6.45, 7) is 3.92. The number of benzene rings is 2. The van der Waals surface area contributed by atoms with Crippen molar-refractivity contribution in [2.75, 3.05) is 31.1 Å². The van der Waals surface area contributed by atoms with Crippen molar-refractivity contribution in [3.8, 4) is 0 Å². The molecule has 24 heavy (non-hydrogen) atoms. The Morgan fingerprint density at radius 3 is 2.58 bits per heavy atom. The highest BCUT2D eigenvalue weighted by Gasteiger charge is 2.22. The van der Waals surface area contributed by atoms with Crippen LogP contribution in [0, 0.1) is 15.9 Å². The Hall–Kier alpha value is -2.47. The van der Waals surface area contributed by atoms with Gasteiger partial charge in [0.25, 0.3) is 5.69 Å². The lowest BCUT2D eigenvalue weighted by molar-refractivity contribution is -0.384. The van der Waals surface area contributed by atoms with E-state index >= 15 is 0 Å². The first-order chi connectivity index (χ1) is 11.6. The molecule has 1 fully saturated rings. The van der Waals surface area contributed by atoms with Gasteiger partial charge in [-0.25, -0.2) is 4.39 Å². The van der Waals surface area contributed by atoms with Crippen molar-refractivity contribution in [2.24, 2.45) is 0 Å². The number of halogens is 1. The number of anilines is 1. The van der Waals surface area contributed by atoms with Crippen LogP contribution in [0.2, 0.25) is 0 Å². The average Bonchev–Trinajstić information content (AvgIpc) is 2.81. The number of hydrogen-bond donors (Lipinski definition) is 0. The number of hydrogen-bond acceptors (Lipinski definition) is 4. The summed E-state index contributed by atoms with van der Waals surface area (Å²) < 4.78 is 13.6. The van der Waals surface area contributed by atoms with Crippen molar-refractivity contribution < 1.29 is 9.31 Å². The summed E-state index contributed by atoms with van der Waals surface area (Å²) >= 11 is 0. The molecule has 0 saturated carbocycles. The zero-order chi connectivity index (χ0) is 16.9. The maximum absolute atomic E-state index is 13.6. The monoisotopic (exact) mass is 329 g/mol. The third kappa shape index (κ3) is 3.89. The van der Waals surface area contributed by atoms with Crippen LogP contribution in [0.1, 0.15) is 12.0 Å². The molecule has 0 bridgehead atoms. The Morgan fingerprint density at radius 1 is 1.04 bits per heavy atom. The third-order valence-corrected chi connectivity index (χ3v) is 4.31. The maximum Gasteiger partial charge on any atom is 0.292 e. The summed E-state index contributed by atoms with van der Waals surface area (Å²) in [7, 11) is 0. The van der Waals surface area contributed by atoms with Gasteiger partial charge in [0.05, 0.1) is 4.92 Å². The van der Waals surface area contributed by atoms with E-state index in [2.05, 4.69) is 17.0 Å². The van der Waals surface area contributed by atoms with Crippen molar-refractivity contribution in [1.29, 1.82) is 0 Å². The second-order valence-corrected chi connectivity index (χ2v) is 5.99. The molecule has 5 nitrogen and oxygen atoms in total. The lowest BCUT2D eigenvalue weighted by Crippen LogP contribution is -2.30. The van der Waals surface area contributed by atoms with Crippen LogP contribution in [0.15, 0.2) is 48.5 Å². The number of nitro groups is 1. The Labute approximate surface area is 140 Å². The van der Waals surface area contributed by atoms with E-state index < -0.39 is 10.7 Å². The molecule has 3 rings (SSSR count). The topological polar surface area (TPSA) is 49.6 Å². The first kappa shape index (κ1) is 16.4. The number of rotatable bonds is 4.